The summed E-state index contributed by atoms with van der Waals surface area (Å²) in [6, 6.07) is 0.129. The van der Waals surface area contributed by atoms with E-state index in [1.165, 1.54) is 0 Å². The number of carbonyl (C=O) groups excluding carboxylic acids is 1. The Morgan fingerprint density at radius 1 is 1.19 bits per heavy atom. The molecule has 0 radical (unpaired) electrons. The average Bonchev–Trinajstić information content (AvgIpc) is 3.09. The Hall–Kier alpha value is -1.18. The molecule has 0 spiro atoms. The van der Waals surface area contributed by atoms with Gasteiger partial charge in [0, 0.05) is 31.1 Å². The fourth-order valence-electron chi connectivity index (χ4n) is 3.29. The Bertz CT molecular complexity index is 451. The monoisotopic (exact) mass is 315 g/mol. The maximum Gasteiger partial charge on any atom is 0.225 e. The van der Waals surface area contributed by atoms with Gasteiger partial charge in [-0.25, -0.2) is 0 Å². The summed E-state index contributed by atoms with van der Waals surface area (Å²) < 4.78 is 2.01. The fraction of sp³-hybridized carbons (Fsp3) is 0.769. The van der Waals surface area contributed by atoms with Crippen molar-refractivity contribution >= 4 is 18.3 Å². The number of hydrogen-bond acceptors (Lipinski definition) is 5. The Kier molecular flexibility index (Phi) is 5.18. The smallest absolute Gasteiger partial charge is 0.225 e. The number of hydrogen-bond donors (Lipinski definition) is 2. The highest BCUT2D eigenvalue weighted by Gasteiger charge is 2.37. The van der Waals surface area contributed by atoms with E-state index in [1.807, 2.05) is 9.47 Å². The summed E-state index contributed by atoms with van der Waals surface area (Å²) in [5.41, 5.74) is 5.78. The number of carbonyl (C=O) groups is 1. The molecule has 118 valence electrons. The van der Waals surface area contributed by atoms with E-state index in [2.05, 4.69) is 10.2 Å². The van der Waals surface area contributed by atoms with Crippen molar-refractivity contribution in [1.29, 1.82) is 0 Å². The molecule has 2 aliphatic rings. The third-order valence-electron chi connectivity index (χ3n) is 4.56. The number of nitrogens with two attached hydrogens (primary N) is 1. The molecule has 1 saturated heterocycles. The summed E-state index contributed by atoms with van der Waals surface area (Å²) in [7, 11) is 0. The quantitative estimate of drug-likeness (QED) is 0.798. The van der Waals surface area contributed by atoms with Crippen LogP contribution in [-0.4, -0.2) is 55.9 Å². The van der Waals surface area contributed by atoms with Gasteiger partial charge in [-0.2, -0.15) is 0 Å². The second-order valence-corrected chi connectivity index (χ2v) is 5.87. The lowest BCUT2D eigenvalue weighted by Crippen LogP contribution is -2.41. The van der Waals surface area contributed by atoms with Crippen molar-refractivity contribution in [2.24, 2.45) is 11.7 Å². The van der Waals surface area contributed by atoms with Crippen molar-refractivity contribution in [3.8, 4) is 0 Å². The van der Waals surface area contributed by atoms with E-state index >= 15 is 0 Å². The number of aromatic nitrogens is 3. The van der Waals surface area contributed by atoms with Gasteiger partial charge in [-0.3, -0.25) is 4.79 Å². The van der Waals surface area contributed by atoms with Crippen LogP contribution in [-0.2, 0) is 4.79 Å². The molecule has 0 bridgehead atoms. The van der Waals surface area contributed by atoms with Crippen LogP contribution in [0.15, 0.2) is 12.7 Å². The molecule has 3 atom stereocenters. The van der Waals surface area contributed by atoms with Crippen LogP contribution in [0.25, 0.3) is 0 Å². The molecule has 1 saturated carbocycles. The lowest BCUT2D eigenvalue weighted by molar-refractivity contribution is -0.136. The van der Waals surface area contributed by atoms with Gasteiger partial charge in [0.05, 0.1) is 6.10 Å². The summed E-state index contributed by atoms with van der Waals surface area (Å²) in [5.74, 6) is 0.0469. The van der Waals surface area contributed by atoms with Crippen molar-refractivity contribution in [1.82, 2.24) is 19.7 Å². The van der Waals surface area contributed by atoms with Crippen LogP contribution in [0.4, 0.5) is 0 Å². The van der Waals surface area contributed by atoms with Crippen molar-refractivity contribution in [2.75, 3.05) is 13.1 Å². The van der Waals surface area contributed by atoms with Gasteiger partial charge in [0.15, 0.2) is 0 Å². The van der Waals surface area contributed by atoms with Crippen LogP contribution in [0.2, 0.25) is 0 Å². The Labute approximate surface area is 129 Å². The van der Waals surface area contributed by atoms with Gasteiger partial charge in [-0.1, -0.05) is 0 Å². The molecule has 0 unspecified atom stereocenters. The number of halogens is 1. The number of likely N-dealkylation sites (tertiary alicyclic amines) is 1. The molecule has 1 aliphatic carbocycles. The minimum absolute atomic E-state index is 0. The zero-order chi connectivity index (χ0) is 14.1. The highest BCUT2D eigenvalue weighted by Crippen LogP contribution is 2.29. The van der Waals surface area contributed by atoms with Gasteiger partial charge >= 0.3 is 0 Å². The second-order valence-electron chi connectivity index (χ2n) is 5.87. The number of amides is 1. The van der Waals surface area contributed by atoms with E-state index < -0.39 is 6.10 Å². The number of aliphatic hydroxyl groups excluding tert-OH is 1. The number of aliphatic hydroxyl groups is 1. The third kappa shape index (κ3) is 3.36. The van der Waals surface area contributed by atoms with Gasteiger partial charge < -0.3 is 20.3 Å². The molecule has 3 rings (SSSR count). The Balaban J connectivity index is 0.00000161. The Morgan fingerprint density at radius 3 is 2.33 bits per heavy atom. The molecular weight excluding hydrogens is 294 g/mol. The number of nitrogens with zero attached hydrogens (tertiary/aromatic N) is 4. The fourth-order valence-corrected chi connectivity index (χ4v) is 3.29. The van der Waals surface area contributed by atoms with Crippen molar-refractivity contribution < 1.29 is 9.90 Å². The minimum atomic E-state index is -0.529. The molecule has 1 aromatic heterocycles. The first-order chi connectivity index (χ1) is 9.65. The van der Waals surface area contributed by atoms with Crippen LogP contribution in [0.3, 0.4) is 0 Å². The van der Waals surface area contributed by atoms with Gasteiger partial charge in [0.1, 0.15) is 12.7 Å². The molecule has 1 aliphatic heterocycles. The van der Waals surface area contributed by atoms with E-state index in [9.17, 15) is 9.90 Å². The lowest BCUT2D eigenvalue weighted by Gasteiger charge is -2.33. The van der Waals surface area contributed by atoms with Crippen LogP contribution in [0.1, 0.15) is 31.7 Å². The standard InChI is InChI=1S/C13H21N5O2.ClH/c14-11-5-9(6-12(11)19)13(20)17-3-1-10(2-4-17)18-7-15-16-8-18;/h7-12,19H,1-6,14H2;1H/t9-,11-,12-;/m0./s1. The Morgan fingerprint density at radius 2 is 1.81 bits per heavy atom. The SMILES string of the molecule is Cl.N[C@H]1C[C@H](C(=O)N2CCC(n3cnnc3)CC2)C[C@@H]1O. The number of rotatable bonds is 2. The molecule has 8 heteroatoms. The van der Waals surface area contributed by atoms with Gasteiger partial charge in [-0.15, -0.1) is 22.6 Å². The molecule has 1 aromatic rings. The van der Waals surface area contributed by atoms with Gasteiger partial charge in [0.2, 0.25) is 5.91 Å². The van der Waals surface area contributed by atoms with Gasteiger partial charge in [0.25, 0.3) is 0 Å². The highest BCUT2D eigenvalue weighted by atomic mass is 35.5. The molecular formula is C13H22ClN5O2. The summed E-state index contributed by atoms with van der Waals surface area (Å²) in [5, 5.41) is 17.3. The van der Waals surface area contributed by atoms with E-state index in [4.69, 9.17) is 5.73 Å². The van der Waals surface area contributed by atoms with E-state index in [-0.39, 0.29) is 30.3 Å². The first kappa shape index (κ1) is 16.2. The molecule has 0 aromatic carbocycles. The molecule has 2 heterocycles. The zero-order valence-electron chi connectivity index (χ0n) is 11.8. The first-order valence-corrected chi connectivity index (χ1v) is 7.21. The minimum Gasteiger partial charge on any atom is -0.391 e. The van der Waals surface area contributed by atoms with Crippen LogP contribution in [0.5, 0.6) is 0 Å². The molecule has 7 nitrogen and oxygen atoms in total. The molecule has 3 N–H and O–H groups in total. The lowest BCUT2D eigenvalue weighted by atomic mass is 10.0. The van der Waals surface area contributed by atoms with E-state index in [1.54, 1.807) is 12.7 Å². The first-order valence-electron chi connectivity index (χ1n) is 7.21. The number of piperidine rings is 1. The van der Waals surface area contributed by atoms with Crippen LogP contribution >= 0.6 is 12.4 Å². The van der Waals surface area contributed by atoms with Crippen molar-refractivity contribution in [3.63, 3.8) is 0 Å². The predicted octanol–water partition coefficient (Wildman–Crippen LogP) is -0.0384. The van der Waals surface area contributed by atoms with Crippen molar-refractivity contribution in [2.45, 2.75) is 43.9 Å². The molecule has 1 amide bonds. The maximum atomic E-state index is 12.4. The zero-order valence-corrected chi connectivity index (χ0v) is 12.7. The summed E-state index contributed by atoms with van der Waals surface area (Å²) in [6.07, 6.45) is 5.88. The summed E-state index contributed by atoms with van der Waals surface area (Å²) in [6.45, 7) is 1.51. The highest BCUT2D eigenvalue weighted by molar-refractivity contribution is 5.85. The summed E-state index contributed by atoms with van der Waals surface area (Å²) >= 11 is 0. The van der Waals surface area contributed by atoms with E-state index in [0.29, 0.717) is 18.9 Å². The largest absolute Gasteiger partial charge is 0.391 e. The second kappa shape index (κ2) is 6.72. The molecule has 21 heavy (non-hydrogen) atoms. The average molecular weight is 316 g/mol. The van der Waals surface area contributed by atoms with Crippen LogP contribution in [0, 0.1) is 5.92 Å². The summed E-state index contributed by atoms with van der Waals surface area (Å²) in [4.78, 5) is 14.3. The topological polar surface area (TPSA) is 97.3 Å². The van der Waals surface area contributed by atoms with Gasteiger partial charge in [-0.05, 0) is 25.7 Å². The van der Waals surface area contributed by atoms with Crippen LogP contribution < -0.4 is 5.73 Å². The normalized spacial score (nSPS) is 30.2. The maximum absolute atomic E-state index is 12.4. The third-order valence-corrected chi connectivity index (χ3v) is 4.56. The van der Waals surface area contributed by atoms with Crippen molar-refractivity contribution in [3.05, 3.63) is 12.7 Å². The predicted molar refractivity (Wildman–Crippen MR) is 78.8 cm³/mol. The molecule has 2 fully saturated rings. The van der Waals surface area contributed by atoms with E-state index in [0.717, 1.165) is 25.9 Å².